The van der Waals surface area contributed by atoms with Crippen molar-refractivity contribution in [2.24, 2.45) is 4.99 Å². The number of hydrogen-bond donors (Lipinski definition) is 0. The summed E-state index contributed by atoms with van der Waals surface area (Å²) in [6, 6.07) is 11.9. The van der Waals surface area contributed by atoms with Crippen LogP contribution in [-0.4, -0.2) is 30.3 Å². The lowest BCUT2D eigenvalue weighted by Crippen LogP contribution is -2.30. The average Bonchev–Trinajstić information content (AvgIpc) is 2.96. The topological polar surface area (TPSA) is 51.1 Å². The Labute approximate surface area is 175 Å². The summed E-state index contributed by atoms with van der Waals surface area (Å²) in [6.07, 6.45) is 1.90. The van der Waals surface area contributed by atoms with Gasteiger partial charge in [0.15, 0.2) is 16.7 Å². The predicted octanol–water partition coefficient (Wildman–Crippen LogP) is 4.96. The minimum absolute atomic E-state index is 0.0540. The minimum Gasteiger partial charge on any atom is -0.486 e. The maximum Gasteiger partial charge on any atom is 0.271 e. The van der Waals surface area contributed by atoms with Gasteiger partial charge in [0.1, 0.15) is 13.2 Å². The molecule has 2 heterocycles. The molecule has 2 aromatic carbocycles. The van der Waals surface area contributed by atoms with Gasteiger partial charge in [0.25, 0.3) is 5.91 Å². The number of amides is 1. The lowest BCUT2D eigenvalue weighted by atomic mass is 10.1. The molecule has 1 fully saturated rings. The molecule has 2 aliphatic heterocycles. The summed E-state index contributed by atoms with van der Waals surface area (Å²) < 4.78 is 11.3. The highest BCUT2D eigenvalue weighted by Gasteiger charge is 2.36. The van der Waals surface area contributed by atoms with Crippen molar-refractivity contribution in [1.82, 2.24) is 0 Å². The Bertz CT molecular complexity index is 1010. The first-order valence-corrected chi connectivity index (χ1v) is 10.5. The molecule has 1 amide bonds. The summed E-state index contributed by atoms with van der Waals surface area (Å²) in [5, 5.41) is 0.714. The predicted molar refractivity (Wildman–Crippen MR) is 119 cm³/mol. The maximum absolute atomic E-state index is 13.4. The van der Waals surface area contributed by atoms with Gasteiger partial charge in [-0.3, -0.25) is 14.7 Å². The molecule has 0 atom stereocenters. The average molecular weight is 409 g/mol. The number of carbonyl (C=O) groups excluding carboxylic acids is 1. The molecule has 0 aliphatic carbocycles. The summed E-state index contributed by atoms with van der Waals surface area (Å²) in [5.74, 6) is 1.40. The van der Waals surface area contributed by atoms with Crippen LogP contribution < -0.4 is 14.4 Å². The third kappa shape index (κ3) is 3.90. The molecule has 1 saturated heterocycles. The van der Waals surface area contributed by atoms with Crippen LogP contribution in [0.5, 0.6) is 11.5 Å². The van der Waals surface area contributed by atoms with E-state index in [0.29, 0.717) is 29.0 Å². The van der Waals surface area contributed by atoms with Gasteiger partial charge in [-0.05, 0) is 74.4 Å². The molecule has 0 bridgehead atoms. The van der Waals surface area contributed by atoms with E-state index >= 15 is 0 Å². The van der Waals surface area contributed by atoms with E-state index < -0.39 is 0 Å². The number of anilines is 1. The number of aryl methyl sites for hydroxylation is 2. The van der Waals surface area contributed by atoms with Crippen molar-refractivity contribution in [1.29, 1.82) is 0 Å². The first-order chi connectivity index (χ1) is 13.9. The summed E-state index contributed by atoms with van der Waals surface area (Å²) in [7, 11) is 0. The lowest BCUT2D eigenvalue weighted by Gasteiger charge is -2.21. The number of carbonyl (C=O) groups is 1. The Morgan fingerprint density at radius 3 is 2.45 bits per heavy atom. The summed E-state index contributed by atoms with van der Waals surface area (Å²) in [4.78, 5) is 20.5. The van der Waals surface area contributed by atoms with Crippen molar-refractivity contribution in [3.05, 3.63) is 58.0 Å². The molecule has 150 valence electrons. The molecular weight excluding hydrogens is 384 g/mol. The number of amidine groups is 1. The molecule has 29 heavy (non-hydrogen) atoms. The Morgan fingerprint density at radius 2 is 1.76 bits per heavy atom. The van der Waals surface area contributed by atoms with E-state index in [1.54, 1.807) is 4.90 Å². The first kappa shape index (κ1) is 19.6. The molecule has 4 rings (SSSR count). The smallest absolute Gasteiger partial charge is 0.271 e. The van der Waals surface area contributed by atoms with Crippen molar-refractivity contribution >= 4 is 34.6 Å². The number of aliphatic imine (C=N–C) groups is 1. The zero-order valence-corrected chi connectivity index (χ0v) is 17.9. The molecule has 5 nitrogen and oxygen atoms in total. The second kappa shape index (κ2) is 7.95. The van der Waals surface area contributed by atoms with Gasteiger partial charge in [-0.1, -0.05) is 24.3 Å². The van der Waals surface area contributed by atoms with E-state index in [2.05, 4.69) is 0 Å². The highest BCUT2D eigenvalue weighted by Crippen LogP contribution is 2.40. The van der Waals surface area contributed by atoms with Gasteiger partial charge >= 0.3 is 0 Å². The highest BCUT2D eigenvalue weighted by atomic mass is 32.2. The second-order valence-electron chi connectivity index (χ2n) is 7.40. The molecule has 0 N–H and O–H groups in total. The van der Waals surface area contributed by atoms with Crippen LogP contribution in [0.15, 0.2) is 46.3 Å². The van der Waals surface area contributed by atoms with Gasteiger partial charge in [-0.2, -0.15) is 0 Å². The van der Waals surface area contributed by atoms with Gasteiger partial charge in [0, 0.05) is 6.04 Å². The molecule has 2 aromatic rings. The molecular formula is C23H24N2O3S. The summed E-state index contributed by atoms with van der Waals surface area (Å²) in [5.41, 5.74) is 3.92. The van der Waals surface area contributed by atoms with Crippen LogP contribution in [0.4, 0.5) is 5.69 Å². The van der Waals surface area contributed by atoms with Gasteiger partial charge in [0.05, 0.1) is 10.6 Å². The van der Waals surface area contributed by atoms with E-state index in [1.807, 2.05) is 70.2 Å². The largest absolute Gasteiger partial charge is 0.486 e. The van der Waals surface area contributed by atoms with Crippen LogP contribution in [0.3, 0.4) is 0 Å². The monoisotopic (exact) mass is 408 g/mol. The number of fused-ring (bicyclic) bond motifs is 1. The van der Waals surface area contributed by atoms with Crippen LogP contribution in [0, 0.1) is 13.8 Å². The number of para-hydroxylation sites is 1. The van der Waals surface area contributed by atoms with Crippen LogP contribution in [0.25, 0.3) is 6.08 Å². The van der Waals surface area contributed by atoms with E-state index in [9.17, 15) is 4.79 Å². The van der Waals surface area contributed by atoms with Crippen molar-refractivity contribution in [2.45, 2.75) is 33.7 Å². The fourth-order valence-corrected chi connectivity index (χ4v) is 4.54. The number of ether oxygens (including phenoxy) is 2. The standard InChI is InChI=1S/C23H24N2O3S/c1-14(2)24-23-25(21-15(3)6-5-7-16(21)4)22(26)20(29-23)13-17-8-9-18-19(12-17)28-11-10-27-18/h5-9,12-14H,10-11H2,1-4H3/b20-13-,24-23-. The van der Waals surface area contributed by atoms with Crippen LogP contribution in [0.1, 0.15) is 30.5 Å². The quantitative estimate of drug-likeness (QED) is 0.674. The third-order valence-electron chi connectivity index (χ3n) is 4.70. The number of rotatable bonds is 3. The van der Waals surface area contributed by atoms with Crippen LogP contribution in [-0.2, 0) is 4.79 Å². The SMILES string of the molecule is Cc1cccc(C)c1N1C(=O)/C(=C/c2ccc3c(c2)OCCO3)S/C1=N\C(C)C. The molecule has 0 unspecified atom stereocenters. The van der Waals surface area contributed by atoms with Crippen molar-refractivity contribution in [2.75, 3.05) is 18.1 Å². The molecule has 0 saturated carbocycles. The van der Waals surface area contributed by atoms with Crippen molar-refractivity contribution in [3.63, 3.8) is 0 Å². The molecule has 6 heteroatoms. The van der Waals surface area contributed by atoms with E-state index in [-0.39, 0.29) is 11.9 Å². The Kier molecular flexibility index (Phi) is 5.37. The molecule has 0 spiro atoms. The molecule has 0 aromatic heterocycles. The second-order valence-corrected chi connectivity index (χ2v) is 8.41. The van der Waals surface area contributed by atoms with Crippen molar-refractivity contribution in [3.8, 4) is 11.5 Å². The number of hydrogen-bond acceptors (Lipinski definition) is 5. The van der Waals surface area contributed by atoms with Gasteiger partial charge in [-0.25, -0.2) is 0 Å². The Morgan fingerprint density at radius 1 is 1.07 bits per heavy atom. The van der Waals surface area contributed by atoms with Gasteiger partial charge < -0.3 is 9.47 Å². The van der Waals surface area contributed by atoms with E-state index in [0.717, 1.165) is 28.1 Å². The number of thioether (sulfide) groups is 1. The Balaban J connectivity index is 1.75. The highest BCUT2D eigenvalue weighted by molar-refractivity contribution is 8.19. The molecule has 2 aliphatic rings. The van der Waals surface area contributed by atoms with E-state index in [1.165, 1.54) is 11.8 Å². The van der Waals surface area contributed by atoms with E-state index in [4.69, 9.17) is 14.5 Å². The lowest BCUT2D eigenvalue weighted by molar-refractivity contribution is -0.113. The first-order valence-electron chi connectivity index (χ1n) is 9.71. The summed E-state index contributed by atoms with van der Waals surface area (Å²) >= 11 is 1.42. The maximum atomic E-state index is 13.4. The molecule has 0 radical (unpaired) electrons. The minimum atomic E-state index is -0.0540. The number of nitrogens with zero attached hydrogens (tertiary/aromatic N) is 2. The summed E-state index contributed by atoms with van der Waals surface area (Å²) in [6.45, 7) is 9.17. The third-order valence-corrected chi connectivity index (χ3v) is 5.69. The zero-order valence-electron chi connectivity index (χ0n) is 17.1. The number of benzene rings is 2. The van der Waals surface area contributed by atoms with Crippen LogP contribution >= 0.6 is 11.8 Å². The van der Waals surface area contributed by atoms with Crippen molar-refractivity contribution < 1.29 is 14.3 Å². The van der Waals surface area contributed by atoms with Gasteiger partial charge in [-0.15, -0.1) is 0 Å². The fourth-order valence-electron chi connectivity index (χ4n) is 3.44. The fraction of sp³-hybridized carbons (Fsp3) is 0.304. The van der Waals surface area contributed by atoms with Gasteiger partial charge in [0.2, 0.25) is 0 Å². The van der Waals surface area contributed by atoms with Crippen LogP contribution in [0.2, 0.25) is 0 Å². The Hall–Kier alpha value is -2.73. The zero-order chi connectivity index (χ0) is 20.5. The normalized spacial score (nSPS) is 18.9.